The third-order valence-electron chi connectivity index (χ3n) is 5.45. The fourth-order valence-electron chi connectivity index (χ4n) is 3.80. The molecule has 0 bridgehead atoms. The van der Waals surface area contributed by atoms with Crippen molar-refractivity contribution in [1.82, 2.24) is 19.2 Å². The minimum Gasteiger partial charge on any atom is -0.479 e. The van der Waals surface area contributed by atoms with Crippen LogP contribution in [0.15, 0.2) is 45.9 Å². The third kappa shape index (κ3) is 3.06. The molecule has 142 valence electrons. The van der Waals surface area contributed by atoms with Gasteiger partial charge < -0.3 is 14.4 Å². The van der Waals surface area contributed by atoms with Crippen LogP contribution in [0.25, 0.3) is 11.1 Å². The van der Waals surface area contributed by atoms with Gasteiger partial charge in [-0.25, -0.2) is 9.59 Å². The molecular formula is C19H22N4O4. The Morgan fingerprint density at radius 2 is 2.00 bits per heavy atom. The molecule has 1 N–H and O–H groups in total. The number of piperidine rings is 1. The number of oxazole rings is 1. The maximum atomic E-state index is 12.1. The van der Waals surface area contributed by atoms with Gasteiger partial charge in [0, 0.05) is 32.4 Å². The molecule has 0 aliphatic carbocycles. The van der Waals surface area contributed by atoms with Crippen LogP contribution in [0.3, 0.4) is 0 Å². The molecule has 0 unspecified atom stereocenters. The van der Waals surface area contributed by atoms with E-state index in [1.54, 1.807) is 27.7 Å². The summed E-state index contributed by atoms with van der Waals surface area (Å²) in [6, 6.07) is 7.36. The van der Waals surface area contributed by atoms with Gasteiger partial charge in [0.1, 0.15) is 0 Å². The van der Waals surface area contributed by atoms with Crippen LogP contribution < -0.4 is 5.76 Å². The van der Waals surface area contributed by atoms with E-state index in [0.717, 1.165) is 11.1 Å². The van der Waals surface area contributed by atoms with Crippen molar-refractivity contribution in [2.75, 3.05) is 19.6 Å². The molecule has 27 heavy (non-hydrogen) atoms. The lowest BCUT2D eigenvalue weighted by molar-refractivity contribution is -0.151. The molecule has 0 spiro atoms. The first-order valence-corrected chi connectivity index (χ1v) is 9.05. The maximum Gasteiger partial charge on any atom is 0.419 e. The van der Waals surface area contributed by atoms with Crippen molar-refractivity contribution in [2.45, 2.75) is 31.8 Å². The summed E-state index contributed by atoms with van der Waals surface area (Å²) in [6.07, 6.45) is 4.43. The van der Waals surface area contributed by atoms with Crippen LogP contribution in [0, 0.1) is 6.92 Å². The van der Waals surface area contributed by atoms with E-state index >= 15 is 0 Å². The number of carboxylic acid groups (broad SMARTS) is 1. The number of benzene rings is 1. The largest absolute Gasteiger partial charge is 0.479 e. The smallest absolute Gasteiger partial charge is 0.419 e. The quantitative estimate of drug-likeness (QED) is 0.734. The van der Waals surface area contributed by atoms with Crippen LogP contribution in [0.1, 0.15) is 18.4 Å². The highest BCUT2D eigenvalue weighted by Gasteiger charge is 2.44. The van der Waals surface area contributed by atoms with Gasteiger partial charge in [-0.15, -0.1) is 0 Å². The number of carboxylic acids is 1. The molecule has 0 radical (unpaired) electrons. The Hall–Kier alpha value is -2.87. The molecule has 1 aromatic carbocycles. The number of hydrogen-bond acceptors (Lipinski definition) is 5. The van der Waals surface area contributed by atoms with Crippen LogP contribution in [0.4, 0.5) is 0 Å². The van der Waals surface area contributed by atoms with Crippen molar-refractivity contribution in [3.63, 3.8) is 0 Å². The molecule has 1 fully saturated rings. The summed E-state index contributed by atoms with van der Waals surface area (Å²) in [7, 11) is 0. The Balaban J connectivity index is 1.45. The monoisotopic (exact) mass is 370 g/mol. The van der Waals surface area contributed by atoms with E-state index in [0.29, 0.717) is 44.6 Å². The number of hydrogen-bond donors (Lipinski definition) is 1. The lowest BCUT2D eigenvalue weighted by Crippen LogP contribution is -2.51. The minimum absolute atomic E-state index is 0.361. The lowest BCUT2D eigenvalue weighted by Gasteiger charge is -2.38. The standard InChI is InChI=1S/C19H22N4O4/c1-14-12-20-23(13-14)19(17(24)25)6-8-21(9-7-19)10-11-22-15-4-2-3-5-16(15)27-18(22)26/h2-5,12-13H,6-11H2,1H3,(H,24,25). The van der Waals surface area contributed by atoms with Gasteiger partial charge >= 0.3 is 11.7 Å². The molecule has 1 saturated heterocycles. The van der Waals surface area contributed by atoms with Crippen LogP contribution in [0.5, 0.6) is 0 Å². The molecule has 1 aliphatic rings. The van der Waals surface area contributed by atoms with Crippen molar-refractivity contribution < 1.29 is 14.3 Å². The molecule has 1 aliphatic heterocycles. The number of nitrogens with zero attached hydrogens (tertiary/aromatic N) is 4. The number of para-hydroxylation sites is 2. The van der Waals surface area contributed by atoms with Gasteiger partial charge in [0.25, 0.3) is 0 Å². The van der Waals surface area contributed by atoms with Crippen molar-refractivity contribution in [1.29, 1.82) is 0 Å². The molecule has 3 heterocycles. The predicted molar refractivity (Wildman–Crippen MR) is 98.7 cm³/mol. The first kappa shape index (κ1) is 17.5. The zero-order valence-corrected chi connectivity index (χ0v) is 15.2. The highest BCUT2D eigenvalue weighted by Crippen LogP contribution is 2.30. The highest BCUT2D eigenvalue weighted by molar-refractivity contribution is 5.77. The van der Waals surface area contributed by atoms with Gasteiger partial charge in [0.05, 0.1) is 11.7 Å². The number of likely N-dealkylation sites (tertiary alicyclic amines) is 1. The topological polar surface area (TPSA) is 93.5 Å². The van der Waals surface area contributed by atoms with E-state index in [2.05, 4.69) is 10.00 Å². The Morgan fingerprint density at radius 1 is 1.26 bits per heavy atom. The molecule has 0 amide bonds. The molecular weight excluding hydrogens is 348 g/mol. The number of aliphatic carboxylic acids is 1. The van der Waals surface area contributed by atoms with E-state index in [1.165, 1.54) is 0 Å². The maximum absolute atomic E-state index is 12.1. The molecule has 4 rings (SSSR count). The van der Waals surface area contributed by atoms with E-state index in [1.807, 2.05) is 25.1 Å². The number of aromatic nitrogens is 3. The third-order valence-corrected chi connectivity index (χ3v) is 5.45. The number of rotatable bonds is 5. The van der Waals surface area contributed by atoms with Gasteiger partial charge in [-0.3, -0.25) is 9.25 Å². The molecule has 2 aromatic heterocycles. The van der Waals surface area contributed by atoms with E-state index in [4.69, 9.17) is 4.42 Å². The highest BCUT2D eigenvalue weighted by atomic mass is 16.4. The number of aryl methyl sites for hydroxylation is 1. The summed E-state index contributed by atoms with van der Waals surface area (Å²) < 4.78 is 8.49. The molecule has 0 saturated carbocycles. The Kier molecular flexibility index (Phi) is 4.35. The Labute approximate surface area is 155 Å². The van der Waals surface area contributed by atoms with Crippen LogP contribution in [0.2, 0.25) is 0 Å². The van der Waals surface area contributed by atoms with Crippen LogP contribution in [-0.2, 0) is 16.9 Å². The second-order valence-corrected chi connectivity index (χ2v) is 7.13. The van der Waals surface area contributed by atoms with Crippen molar-refractivity contribution >= 4 is 17.1 Å². The van der Waals surface area contributed by atoms with E-state index < -0.39 is 11.5 Å². The van der Waals surface area contributed by atoms with Gasteiger partial charge in [0.2, 0.25) is 0 Å². The molecule has 0 atom stereocenters. The van der Waals surface area contributed by atoms with Crippen LogP contribution in [-0.4, -0.2) is 50.0 Å². The molecule has 3 aromatic rings. The Bertz CT molecular complexity index is 1020. The first-order chi connectivity index (χ1) is 13.0. The zero-order valence-electron chi connectivity index (χ0n) is 15.2. The van der Waals surface area contributed by atoms with Crippen molar-refractivity contribution in [3.8, 4) is 0 Å². The summed E-state index contributed by atoms with van der Waals surface area (Å²) >= 11 is 0. The minimum atomic E-state index is -0.996. The summed E-state index contributed by atoms with van der Waals surface area (Å²) in [5, 5.41) is 14.1. The summed E-state index contributed by atoms with van der Waals surface area (Å²) in [5.41, 5.74) is 1.32. The fourth-order valence-corrected chi connectivity index (χ4v) is 3.80. The first-order valence-electron chi connectivity index (χ1n) is 9.05. The normalized spacial score (nSPS) is 17.4. The molecule has 8 heteroatoms. The number of fused-ring (bicyclic) bond motifs is 1. The summed E-state index contributed by atoms with van der Waals surface area (Å²) in [5.74, 6) is -1.21. The predicted octanol–water partition coefficient (Wildman–Crippen LogP) is 1.68. The summed E-state index contributed by atoms with van der Waals surface area (Å²) in [6.45, 7) is 4.35. The van der Waals surface area contributed by atoms with Gasteiger partial charge in [0.15, 0.2) is 11.1 Å². The second kappa shape index (κ2) is 6.70. The number of carbonyl (C=O) groups is 1. The van der Waals surface area contributed by atoms with Gasteiger partial charge in [-0.05, 0) is 37.5 Å². The average molecular weight is 370 g/mol. The zero-order chi connectivity index (χ0) is 19.0. The van der Waals surface area contributed by atoms with E-state index in [9.17, 15) is 14.7 Å². The molecule has 8 nitrogen and oxygen atoms in total. The summed E-state index contributed by atoms with van der Waals surface area (Å²) in [4.78, 5) is 26.3. The van der Waals surface area contributed by atoms with Crippen molar-refractivity contribution in [3.05, 3.63) is 52.8 Å². The lowest BCUT2D eigenvalue weighted by atomic mass is 9.87. The Morgan fingerprint density at radius 3 is 2.67 bits per heavy atom. The van der Waals surface area contributed by atoms with Gasteiger partial charge in [-0.2, -0.15) is 5.10 Å². The van der Waals surface area contributed by atoms with E-state index in [-0.39, 0.29) is 5.76 Å². The van der Waals surface area contributed by atoms with Crippen LogP contribution >= 0.6 is 0 Å². The average Bonchev–Trinajstić information content (AvgIpc) is 3.23. The SMILES string of the molecule is Cc1cnn(C2(C(=O)O)CCN(CCn3c(=O)oc4ccccc43)CC2)c1. The van der Waals surface area contributed by atoms with Crippen molar-refractivity contribution in [2.24, 2.45) is 0 Å². The van der Waals surface area contributed by atoms with Gasteiger partial charge in [-0.1, -0.05) is 12.1 Å². The second-order valence-electron chi connectivity index (χ2n) is 7.13. The fraction of sp³-hybridized carbons (Fsp3) is 0.421.